The maximum absolute atomic E-state index is 12.6. The average molecular weight is 493 g/mol. The standard InChI is InChI=1S/C27H29ClN4O3/c28-19-8-6-18(7-9-19)26(33)29-20-10-11-24-22(16-20)23(27(34)35)17-25(30-24)32-14-12-31(13-15-32)21-4-2-1-3-5-21/h6-11,16-17,21H,1-5,12-15H2,(H,29,33)(H,34,35). The van der Waals surface area contributed by atoms with Gasteiger partial charge in [-0.25, -0.2) is 9.78 Å². The zero-order valence-corrected chi connectivity index (χ0v) is 20.3. The number of aromatic nitrogens is 1. The molecular weight excluding hydrogens is 464 g/mol. The first kappa shape index (κ1) is 23.6. The second-order valence-electron chi connectivity index (χ2n) is 9.34. The van der Waals surface area contributed by atoms with E-state index < -0.39 is 5.97 Å². The number of rotatable bonds is 5. The third-order valence-electron chi connectivity index (χ3n) is 7.12. The van der Waals surface area contributed by atoms with Crippen LogP contribution in [0.3, 0.4) is 0 Å². The summed E-state index contributed by atoms with van der Waals surface area (Å²) in [4.78, 5) is 34.3. The Hall–Kier alpha value is -3.16. The molecule has 2 aliphatic rings. The molecule has 0 bridgehead atoms. The summed E-state index contributed by atoms with van der Waals surface area (Å²) in [5.41, 5.74) is 1.76. The van der Waals surface area contributed by atoms with Gasteiger partial charge in [0.2, 0.25) is 0 Å². The number of hydrogen-bond acceptors (Lipinski definition) is 5. The maximum atomic E-state index is 12.6. The van der Waals surface area contributed by atoms with E-state index in [0.29, 0.717) is 39.0 Å². The normalized spacial score (nSPS) is 17.5. The molecule has 5 rings (SSSR count). The first-order chi connectivity index (χ1) is 17.0. The Labute approximate surface area is 209 Å². The van der Waals surface area contributed by atoms with Gasteiger partial charge in [-0.15, -0.1) is 0 Å². The molecule has 182 valence electrons. The van der Waals surface area contributed by atoms with Gasteiger partial charge in [-0.2, -0.15) is 0 Å². The molecule has 1 saturated carbocycles. The lowest BCUT2D eigenvalue weighted by atomic mass is 9.94. The van der Waals surface area contributed by atoms with E-state index in [1.165, 1.54) is 32.1 Å². The molecule has 0 spiro atoms. The number of nitrogens with one attached hydrogen (secondary N) is 1. The van der Waals surface area contributed by atoms with E-state index in [4.69, 9.17) is 16.6 Å². The molecule has 3 aromatic rings. The second-order valence-corrected chi connectivity index (χ2v) is 9.78. The van der Waals surface area contributed by atoms with Gasteiger partial charge in [-0.1, -0.05) is 30.9 Å². The van der Waals surface area contributed by atoms with Crippen LogP contribution in [0, 0.1) is 0 Å². The van der Waals surface area contributed by atoms with E-state index in [1.807, 2.05) is 0 Å². The molecular formula is C27H29ClN4O3. The van der Waals surface area contributed by atoms with Crippen LogP contribution in [0.1, 0.15) is 52.8 Å². The van der Waals surface area contributed by atoms with Crippen molar-refractivity contribution in [1.29, 1.82) is 0 Å². The van der Waals surface area contributed by atoms with E-state index >= 15 is 0 Å². The Morgan fingerprint density at radius 2 is 1.66 bits per heavy atom. The quantitative estimate of drug-likeness (QED) is 0.503. The van der Waals surface area contributed by atoms with Gasteiger partial charge in [0, 0.05) is 53.9 Å². The molecule has 1 amide bonds. The number of hydrogen-bond donors (Lipinski definition) is 2. The molecule has 1 saturated heterocycles. The minimum absolute atomic E-state index is 0.183. The minimum Gasteiger partial charge on any atom is -0.478 e. The molecule has 2 aromatic carbocycles. The first-order valence-corrected chi connectivity index (χ1v) is 12.6. The summed E-state index contributed by atoms with van der Waals surface area (Å²) in [6.07, 6.45) is 6.56. The number of nitrogens with zero attached hydrogens (tertiary/aromatic N) is 3. The Kier molecular flexibility index (Phi) is 6.88. The van der Waals surface area contributed by atoms with Crippen molar-refractivity contribution in [2.24, 2.45) is 0 Å². The molecule has 0 radical (unpaired) electrons. The van der Waals surface area contributed by atoms with Gasteiger partial charge in [0.25, 0.3) is 5.91 Å². The summed E-state index contributed by atoms with van der Waals surface area (Å²) in [6, 6.07) is 14.1. The molecule has 8 heteroatoms. The number of halogens is 1. The number of piperazine rings is 1. The first-order valence-electron chi connectivity index (χ1n) is 12.2. The van der Waals surface area contributed by atoms with Crippen molar-refractivity contribution in [1.82, 2.24) is 9.88 Å². The Balaban J connectivity index is 1.35. The topological polar surface area (TPSA) is 85.8 Å². The van der Waals surface area contributed by atoms with E-state index in [-0.39, 0.29) is 11.5 Å². The summed E-state index contributed by atoms with van der Waals surface area (Å²) in [6.45, 7) is 3.62. The van der Waals surface area contributed by atoms with Crippen molar-refractivity contribution in [3.63, 3.8) is 0 Å². The van der Waals surface area contributed by atoms with Gasteiger partial charge >= 0.3 is 5.97 Å². The predicted molar refractivity (Wildman–Crippen MR) is 139 cm³/mol. The van der Waals surface area contributed by atoms with Crippen LogP contribution >= 0.6 is 11.6 Å². The number of carbonyl (C=O) groups is 2. The monoisotopic (exact) mass is 492 g/mol. The van der Waals surface area contributed by atoms with Gasteiger partial charge < -0.3 is 15.3 Å². The highest BCUT2D eigenvalue weighted by atomic mass is 35.5. The average Bonchev–Trinajstić information content (AvgIpc) is 2.89. The molecule has 2 heterocycles. The number of aromatic carboxylic acids is 1. The fourth-order valence-corrected chi connectivity index (χ4v) is 5.32. The molecule has 2 N–H and O–H groups in total. The van der Waals surface area contributed by atoms with Gasteiger partial charge in [0.15, 0.2) is 0 Å². The molecule has 1 aliphatic heterocycles. The van der Waals surface area contributed by atoms with E-state index in [0.717, 1.165) is 26.2 Å². The van der Waals surface area contributed by atoms with Crippen molar-refractivity contribution < 1.29 is 14.7 Å². The van der Waals surface area contributed by atoms with Crippen molar-refractivity contribution in [2.45, 2.75) is 38.1 Å². The van der Waals surface area contributed by atoms with Crippen LogP contribution in [0.2, 0.25) is 5.02 Å². The molecule has 0 unspecified atom stereocenters. The van der Waals surface area contributed by atoms with E-state index in [9.17, 15) is 14.7 Å². The zero-order chi connectivity index (χ0) is 24.4. The van der Waals surface area contributed by atoms with Gasteiger partial charge in [-0.05, 0) is 61.4 Å². The van der Waals surface area contributed by atoms with Crippen molar-refractivity contribution >= 4 is 45.9 Å². The highest BCUT2D eigenvalue weighted by Crippen LogP contribution is 2.28. The highest BCUT2D eigenvalue weighted by molar-refractivity contribution is 6.30. The number of pyridine rings is 1. The summed E-state index contributed by atoms with van der Waals surface area (Å²) in [5.74, 6) is -0.616. The Morgan fingerprint density at radius 1 is 0.943 bits per heavy atom. The number of carbonyl (C=O) groups excluding carboxylic acids is 1. The lowest BCUT2D eigenvalue weighted by Gasteiger charge is -2.41. The van der Waals surface area contributed by atoms with Gasteiger partial charge in [0.05, 0.1) is 11.1 Å². The van der Waals surface area contributed by atoms with Crippen LogP contribution in [0.25, 0.3) is 10.9 Å². The molecule has 2 fully saturated rings. The van der Waals surface area contributed by atoms with E-state index in [2.05, 4.69) is 15.1 Å². The summed E-state index contributed by atoms with van der Waals surface area (Å²) in [5, 5.41) is 13.8. The second kappa shape index (κ2) is 10.2. The number of benzene rings is 2. The number of fused-ring (bicyclic) bond motifs is 1. The van der Waals surface area contributed by atoms with E-state index in [1.54, 1.807) is 48.5 Å². The number of carboxylic acid groups (broad SMARTS) is 1. The van der Waals surface area contributed by atoms with Crippen LogP contribution < -0.4 is 10.2 Å². The minimum atomic E-state index is -1.01. The van der Waals surface area contributed by atoms with Crippen LogP contribution in [0.5, 0.6) is 0 Å². The molecule has 7 nitrogen and oxygen atoms in total. The molecule has 35 heavy (non-hydrogen) atoms. The van der Waals surface area contributed by atoms with Crippen LogP contribution in [-0.2, 0) is 0 Å². The molecule has 1 aliphatic carbocycles. The lowest BCUT2D eigenvalue weighted by molar-refractivity contribution is 0.0698. The van der Waals surface area contributed by atoms with Crippen LogP contribution in [0.15, 0.2) is 48.5 Å². The largest absolute Gasteiger partial charge is 0.478 e. The predicted octanol–water partition coefficient (Wildman–Crippen LogP) is 5.29. The van der Waals surface area contributed by atoms with Crippen LogP contribution in [-0.4, -0.2) is 59.1 Å². The van der Waals surface area contributed by atoms with Crippen molar-refractivity contribution in [3.05, 3.63) is 64.7 Å². The Morgan fingerprint density at radius 3 is 2.34 bits per heavy atom. The van der Waals surface area contributed by atoms with Gasteiger partial charge in [0.1, 0.15) is 5.82 Å². The highest BCUT2D eigenvalue weighted by Gasteiger charge is 2.26. The third-order valence-corrected chi connectivity index (χ3v) is 7.37. The third kappa shape index (κ3) is 5.26. The summed E-state index contributed by atoms with van der Waals surface area (Å²) in [7, 11) is 0. The smallest absolute Gasteiger partial charge is 0.336 e. The SMILES string of the molecule is O=C(Nc1ccc2nc(N3CCN(C4CCCCC4)CC3)cc(C(=O)O)c2c1)c1ccc(Cl)cc1. The maximum Gasteiger partial charge on any atom is 0.336 e. The molecule has 1 aromatic heterocycles. The lowest BCUT2D eigenvalue weighted by Crippen LogP contribution is -2.51. The van der Waals surface area contributed by atoms with Crippen molar-refractivity contribution in [3.8, 4) is 0 Å². The molecule has 0 atom stereocenters. The van der Waals surface area contributed by atoms with Gasteiger partial charge in [-0.3, -0.25) is 9.69 Å². The fraction of sp³-hybridized carbons (Fsp3) is 0.370. The summed E-state index contributed by atoms with van der Waals surface area (Å²) >= 11 is 5.90. The summed E-state index contributed by atoms with van der Waals surface area (Å²) < 4.78 is 0. The number of amides is 1. The van der Waals surface area contributed by atoms with Crippen molar-refractivity contribution in [2.75, 3.05) is 36.4 Å². The number of carboxylic acids is 1. The van der Waals surface area contributed by atoms with Crippen LogP contribution in [0.4, 0.5) is 11.5 Å². The fourth-order valence-electron chi connectivity index (χ4n) is 5.20. The number of anilines is 2. The zero-order valence-electron chi connectivity index (χ0n) is 19.5. The Bertz CT molecular complexity index is 1230.